The summed E-state index contributed by atoms with van der Waals surface area (Å²) in [5, 5.41) is 5.33. The van der Waals surface area contributed by atoms with E-state index < -0.39 is 0 Å². The number of fused-ring (bicyclic) bond motifs is 2. The topological polar surface area (TPSA) is 79.4 Å². The summed E-state index contributed by atoms with van der Waals surface area (Å²) < 4.78 is 1.22. The van der Waals surface area contributed by atoms with Crippen molar-refractivity contribution < 1.29 is 0 Å². The normalized spacial score (nSPS) is 11.2. The van der Waals surface area contributed by atoms with E-state index in [1.165, 1.54) is 9.58 Å². The first-order valence-corrected chi connectivity index (χ1v) is 8.53. The molecule has 0 unspecified atom stereocenters. The van der Waals surface area contributed by atoms with Gasteiger partial charge in [-0.15, -0.1) is 11.3 Å². The van der Waals surface area contributed by atoms with E-state index in [1.807, 2.05) is 43.0 Å². The van der Waals surface area contributed by atoms with Gasteiger partial charge in [0.1, 0.15) is 5.65 Å². The van der Waals surface area contributed by atoms with E-state index in [1.54, 1.807) is 23.7 Å². The van der Waals surface area contributed by atoms with Crippen molar-refractivity contribution in [3.63, 3.8) is 0 Å². The monoisotopic (exact) mass is 344 g/mol. The van der Waals surface area contributed by atoms with Gasteiger partial charge in [-0.3, -0.25) is 9.97 Å². The molecule has 0 aromatic carbocycles. The van der Waals surface area contributed by atoms with Gasteiger partial charge < -0.3 is 10.3 Å². The van der Waals surface area contributed by atoms with Crippen molar-refractivity contribution in [1.29, 1.82) is 0 Å². The molecule has 0 saturated heterocycles. The molecule has 0 saturated carbocycles. The van der Waals surface area contributed by atoms with E-state index in [-0.39, 0.29) is 0 Å². The zero-order valence-corrected chi connectivity index (χ0v) is 13.8. The number of hydrogen-bond donors (Lipinski definition) is 2. The Balaban J connectivity index is 1.55. The molecule has 0 spiro atoms. The minimum absolute atomic E-state index is 0.549. The Kier molecular flexibility index (Phi) is 3.17. The van der Waals surface area contributed by atoms with Crippen molar-refractivity contribution >= 4 is 44.1 Å². The lowest BCUT2D eigenvalue weighted by atomic mass is 10.2. The molecule has 0 radical (unpaired) electrons. The number of H-pyrrole nitrogens is 1. The van der Waals surface area contributed by atoms with Gasteiger partial charge in [-0.1, -0.05) is 0 Å². The van der Waals surface area contributed by atoms with Gasteiger partial charge in [0.2, 0.25) is 5.95 Å². The first-order chi connectivity index (χ1) is 12.4. The average molecular weight is 344 g/mol. The molecule has 0 aliphatic carbocycles. The summed E-state index contributed by atoms with van der Waals surface area (Å²) in [6.45, 7) is 0. The van der Waals surface area contributed by atoms with Gasteiger partial charge in [0.25, 0.3) is 0 Å². The lowest BCUT2D eigenvalue weighted by molar-refractivity contribution is 1.19. The number of thiophene rings is 1. The van der Waals surface area contributed by atoms with Crippen molar-refractivity contribution in [2.75, 3.05) is 5.32 Å². The fourth-order valence-electron chi connectivity index (χ4n) is 2.75. The molecular weight excluding hydrogens is 332 g/mol. The van der Waals surface area contributed by atoms with Gasteiger partial charge in [-0.25, -0.2) is 4.98 Å². The van der Waals surface area contributed by atoms with Crippen LogP contribution in [-0.4, -0.2) is 24.9 Å². The highest BCUT2D eigenvalue weighted by atomic mass is 32.1. The number of hydrogen-bond acceptors (Lipinski definition) is 6. The second-order valence-electron chi connectivity index (χ2n) is 5.54. The zero-order chi connectivity index (χ0) is 16.6. The molecule has 0 fully saturated rings. The minimum Gasteiger partial charge on any atom is -0.345 e. The first kappa shape index (κ1) is 14.1. The molecule has 5 heterocycles. The van der Waals surface area contributed by atoms with Crippen molar-refractivity contribution in [1.82, 2.24) is 24.9 Å². The van der Waals surface area contributed by atoms with E-state index in [4.69, 9.17) is 0 Å². The molecule has 120 valence electrons. The fourth-order valence-corrected chi connectivity index (χ4v) is 3.81. The van der Waals surface area contributed by atoms with Gasteiger partial charge >= 0.3 is 0 Å². The third kappa shape index (κ3) is 2.50. The molecule has 0 atom stereocenters. The number of rotatable bonds is 3. The third-order valence-electron chi connectivity index (χ3n) is 3.95. The summed E-state index contributed by atoms with van der Waals surface area (Å²) in [5.74, 6) is 0.549. The average Bonchev–Trinajstić information content (AvgIpc) is 3.25. The predicted molar refractivity (Wildman–Crippen MR) is 100 cm³/mol. The minimum atomic E-state index is 0.549. The zero-order valence-electron chi connectivity index (χ0n) is 13.0. The van der Waals surface area contributed by atoms with E-state index in [0.29, 0.717) is 5.95 Å². The summed E-state index contributed by atoms with van der Waals surface area (Å²) in [7, 11) is 0. The molecule has 5 aromatic rings. The predicted octanol–water partition coefficient (Wildman–Crippen LogP) is 4.37. The molecule has 0 bridgehead atoms. The van der Waals surface area contributed by atoms with Crippen LogP contribution in [0.3, 0.4) is 0 Å². The molecule has 0 amide bonds. The van der Waals surface area contributed by atoms with Crippen molar-refractivity contribution in [3.05, 3.63) is 61.4 Å². The van der Waals surface area contributed by atoms with Crippen molar-refractivity contribution in [2.24, 2.45) is 0 Å². The SMILES string of the molecule is c1cc(Nc2ncc3c(-c4cc5cnccc5s4)c[nH]c3n2)ccn1. The van der Waals surface area contributed by atoms with Crippen LogP contribution >= 0.6 is 11.3 Å². The van der Waals surface area contributed by atoms with Crippen molar-refractivity contribution in [2.45, 2.75) is 0 Å². The van der Waals surface area contributed by atoms with Crippen LogP contribution in [0.4, 0.5) is 11.6 Å². The Bertz CT molecular complexity index is 1150. The van der Waals surface area contributed by atoms with Crippen molar-refractivity contribution in [3.8, 4) is 10.4 Å². The fraction of sp³-hybridized carbons (Fsp3) is 0. The number of anilines is 2. The highest BCUT2D eigenvalue weighted by Gasteiger charge is 2.12. The van der Waals surface area contributed by atoms with Crippen LogP contribution in [0.5, 0.6) is 0 Å². The second kappa shape index (κ2) is 5.64. The van der Waals surface area contributed by atoms with Crippen LogP contribution in [0.2, 0.25) is 0 Å². The highest BCUT2D eigenvalue weighted by molar-refractivity contribution is 7.22. The Morgan fingerprint density at radius 1 is 1.00 bits per heavy atom. The Hall–Kier alpha value is -3.32. The van der Waals surface area contributed by atoms with E-state index in [0.717, 1.165) is 27.7 Å². The Morgan fingerprint density at radius 3 is 2.76 bits per heavy atom. The smallest absolute Gasteiger partial charge is 0.229 e. The van der Waals surface area contributed by atoms with Crippen LogP contribution in [-0.2, 0) is 0 Å². The molecule has 25 heavy (non-hydrogen) atoms. The van der Waals surface area contributed by atoms with Crippen LogP contribution in [0, 0.1) is 0 Å². The Labute approximate surface area is 146 Å². The van der Waals surface area contributed by atoms with Crippen LogP contribution in [0.1, 0.15) is 0 Å². The Morgan fingerprint density at radius 2 is 1.88 bits per heavy atom. The summed E-state index contributed by atoms with van der Waals surface area (Å²) in [6, 6.07) is 7.93. The van der Waals surface area contributed by atoms with E-state index in [9.17, 15) is 0 Å². The highest BCUT2D eigenvalue weighted by Crippen LogP contribution is 2.36. The number of pyridine rings is 2. The third-order valence-corrected chi connectivity index (χ3v) is 5.10. The lowest BCUT2D eigenvalue weighted by Gasteiger charge is -2.03. The molecule has 0 aliphatic heterocycles. The quantitative estimate of drug-likeness (QED) is 0.508. The van der Waals surface area contributed by atoms with Gasteiger partial charge in [0.05, 0.1) is 0 Å². The summed E-state index contributed by atoms with van der Waals surface area (Å²) >= 11 is 1.74. The van der Waals surface area contributed by atoms with Crippen LogP contribution in [0.25, 0.3) is 31.6 Å². The number of nitrogens with zero attached hydrogens (tertiary/aromatic N) is 4. The summed E-state index contributed by atoms with van der Waals surface area (Å²) in [6.07, 6.45) is 11.0. The lowest BCUT2D eigenvalue weighted by Crippen LogP contribution is -1.96. The standard InChI is InChI=1S/C18H12N6S/c1-4-19-5-2-12(1)23-18-22-10-14-13(9-21-17(14)24-18)16-7-11-8-20-6-3-15(11)25-16/h1-10H,(H2,19,21,22,23,24). The number of aromatic nitrogens is 5. The number of nitrogens with one attached hydrogen (secondary N) is 2. The summed E-state index contributed by atoms with van der Waals surface area (Å²) in [5.41, 5.74) is 2.81. The van der Waals surface area contributed by atoms with E-state index in [2.05, 4.69) is 36.3 Å². The van der Waals surface area contributed by atoms with Gasteiger partial charge in [-0.2, -0.15) is 4.98 Å². The number of aromatic amines is 1. The van der Waals surface area contributed by atoms with E-state index >= 15 is 0 Å². The first-order valence-electron chi connectivity index (χ1n) is 7.72. The maximum absolute atomic E-state index is 4.56. The largest absolute Gasteiger partial charge is 0.345 e. The second-order valence-corrected chi connectivity index (χ2v) is 6.63. The van der Waals surface area contributed by atoms with Crippen LogP contribution < -0.4 is 5.32 Å². The maximum Gasteiger partial charge on any atom is 0.229 e. The molecule has 2 N–H and O–H groups in total. The molecule has 0 aliphatic rings. The summed E-state index contributed by atoms with van der Waals surface area (Å²) in [4.78, 5) is 21.6. The molecule has 7 heteroatoms. The van der Waals surface area contributed by atoms with Gasteiger partial charge in [0, 0.05) is 68.8 Å². The maximum atomic E-state index is 4.56. The van der Waals surface area contributed by atoms with Gasteiger partial charge in [0.15, 0.2) is 0 Å². The van der Waals surface area contributed by atoms with Gasteiger partial charge in [-0.05, 0) is 24.3 Å². The molecular formula is C18H12N6S. The molecule has 6 nitrogen and oxygen atoms in total. The van der Waals surface area contributed by atoms with Crippen LogP contribution in [0.15, 0.2) is 61.4 Å². The molecule has 5 aromatic heterocycles. The molecule has 5 rings (SSSR count).